The Balaban J connectivity index is 2.25. The molecule has 0 radical (unpaired) electrons. The highest BCUT2D eigenvalue weighted by atomic mass is 35.5. The van der Waals surface area contributed by atoms with Gasteiger partial charge in [-0.25, -0.2) is 9.78 Å². The highest BCUT2D eigenvalue weighted by molar-refractivity contribution is 6.41. The summed E-state index contributed by atoms with van der Waals surface area (Å²) in [6.07, 6.45) is 1.30. The van der Waals surface area contributed by atoms with Gasteiger partial charge in [0.05, 0.1) is 17.7 Å². The quantitative estimate of drug-likeness (QED) is 0.489. The lowest BCUT2D eigenvalue weighted by Crippen LogP contribution is -2.09. The summed E-state index contributed by atoms with van der Waals surface area (Å²) in [7, 11) is 1.51. The molecule has 0 atom stereocenters. The van der Waals surface area contributed by atoms with E-state index in [1.807, 2.05) is 13.0 Å². The summed E-state index contributed by atoms with van der Waals surface area (Å²) in [5.74, 6) is 0.221. The van der Waals surface area contributed by atoms with Crippen molar-refractivity contribution in [2.75, 3.05) is 7.11 Å². The molecule has 0 unspecified atom stereocenters. The summed E-state index contributed by atoms with van der Waals surface area (Å²) < 4.78 is 10.4. The van der Waals surface area contributed by atoms with Gasteiger partial charge in [0.2, 0.25) is 0 Å². The normalized spacial score (nSPS) is 10.2. The fraction of sp³-hybridized carbons (Fsp3) is 0.143. The van der Waals surface area contributed by atoms with Crippen molar-refractivity contribution in [3.05, 3.63) is 51.8 Å². The largest absolute Gasteiger partial charge is 0.493 e. The number of hydrogen-bond donors (Lipinski definition) is 0. The van der Waals surface area contributed by atoms with Crippen molar-refractivity contribution in [2.24, 2.45) is 0 Å². The number of methoxy groups -OCH3 is 1. The molecule has 0 saturated heterocycles. The third kappa shape index (κ3) is 3.21. The Morgan fingerprint density at radius 1 is 1.20 bits per heavy atom. The second-order valence-corrected chi connectivity index (χ2v) is 4.81. The first-order chi connectivity index (χ1) is 9.51. The van der Waals surface area contributed by atoms with Crippen molar-refractivity contribution in [3.63, 3.8) is 0 Å². The second kappa shape index (κ2) is 6.11. The van der Waals surface area contributed by atoms with Crippen LogP contribution in [0.5, 0.6) is 11.5 Å². The van der Waals surface area contributed by atoms with Crippen molar-refractivity contribution < 1.29 is 14.3 Å². The van der Waals surface area contributed by atoms with Crippen LogP contribution in [-0.4, -0.2) is 18.1 Å². The Bertz CT molecular complexity index is 659. The minimum atomic E-state index is -0.585. The third-order valence-electron chi connectivity index (χ3n) is 2.55. The molecule has 104 valence electrons. The van der Waals surface area contributed by atoms with Crippen LogP contribution in [0.3, 0.4) is 0 Å². The molecule has 0 aliphatic carbocycles. The Morgan fingerprint density at radius 2 is 1.95 bits per heavy atom. The molecule has 2 rings (SSSR count). The highest BCUT2D eigenvalue weighted by Crippen LogP contribution is 2.29. The predicted molar refractivity (Wildman–Crippen MR) is 76.9 cm³/mol. The maximum atomic E-state index is 12.0. The van der Waals surface area contributed by atoms with E-state index in [0.29, 0.717) is 11.5 Å². The molecule has 20 heavy (non-hydrogen) atoms. The smallest absolute Gasteiger partial charge is 0.345 e. The summed E-state index contributed by atoms with van der Waals surface area (Å²) in [4.78, 5) is 15.8. The average Bonchev–Trinajstić information content (AvgIpc) is 2.43. The molecule has 0 amide bonds. The number of aryl methyl sites for hydroxylation is 1. The van der Waals surface area contributed by atoms with Crippen LogP contribution in [0.1, 0.15) is 15.9 Å². The van der Waals surface area contributed by atoms with Gasteiger partial charge in [0.15, 0.2) is 11.5 Å². The average molecular weight is 312 g/mol. The monoisotopic (exact) mass is 311 g/mol. The first kappa shape index (κ1) is 14.6. The lowest BCUT2D eigenvalue weighted by atomic mass is 10.2. The van der Waals surface area contributed by atoms with E-state index in [9.17, 15) is 4.79 Å². The van der Waals surface area contributed by atoms with Crippen LogP contribution < -0.4 is 9.47 Å². The number of pyridine rings is 1. The Labute approximate surface area is 126 Å². The van der Waals surface area contributed by atoms with E-state index >= 15 is 0 Å². The van der Waals surface area contributed by atoms with Gasteiger partial charge in [-0.15, -0.1) is 0 Å². The fourth-order valence-corrected chi connectivity index (χ4v) is 1.82. The molecule has 0 saturated carbocycles. The molecule has 0 N–H and O–H groups in total. The zero-order valence-electron chi connectivity index (χ0n) is 10.8. The predicted octanol–water partition coefficient (Wildman–Crippen LogP) is 3.92. The molecule has 1 heterocycles. The van der Waals surface area contributed by atoms with E-state index < -0.39 is 5.97 Å². The Kier molecular flexibility index (Phi) is 4.47. The SMILES string of the molecule is COc1cc(C)ccc1OC(=O)c1cnc(Cl)c(Cl)c1. The van der Waals surface area contributed by atoms with E-state index in [-0.39, 0.29) is 15.7 Å². The highest BCUT2D eigenvalue weighted by Gasteiger charge is 2.14. The summed E-state index contributed by atoms with van der Waals surface area (Å²) >= 11 is 11.5. The van der Waals surface area contributed by atoms with Gasteiger partial charge < -0.3 is 9.47 Å². The number of nitrogens with zero attached hydrogens (tertiary/aromatic N) is 1. The molecular weight excluding hydrogens is 301 g/mol. The zero-order valence-corrected chi connectivity index (χ0v) is 12.3. The summed E-state index contributed by atoms with van der Waals surface area (Å²) in [5.41, 5.74) is 1.21. The number of benzene rings is 1. The standard InChI is InChI=1S/C14H11Cl2NO3/c1-8-3-4-11(12(5-8)19-2)20-14(18)9-6-10(15)13(16)17-7-9/h3-7H,1-2H3. The summed E-state index contributed by atoms with van der Waals surface area (Å²) in [6.45, 7) is 1.91. The van der Waals surface area contributed by atoms with Crippen LogP contribution in [0.4, 0.5) is 0 Å². The molecule has 0 aliphatic rings. The van der Waals surface area contributed by atoms with Gasteiger partial charge in [-0.05, 0) is 30.7 Å². The number of esters is 1. The number of aromatic nitrogens is 1. The van der Waals surface area contributed by atoms with Crippen LogP contribution in [0.15, 0.2) is 30.5 Å². The topological polar surface area (TPSA) is 48.4 Å². The number of carbonyl (C=O) groups excluding carboxylic acids is 1. The van der Waals surface area contributed by atoms with Crippen molar-refractivity contribution in [1.29, 1.82) is 0 Å². The first-order valence-corrected chi connectivity index (χ1v) is 6.44. The second-order valence-electron chi connectivity index (χ2n) is 4.04. The summed E-state index contributed by atoms with van der Waals surface area (Å²) in [6, 6.07) is 6.66. The fourth-order valence-electron chi connectivity index (χ4n) is 1.55. The lowest BCUT2D eigenvalue weighted by Gasteiger charge is -2.10. The van der Waals surface area contributed by atoms with Crippen molar-refractivity contribution in [2.45, 2.75) is 6.92 Å². The van der Waals surface area contributed by atoms with E-state index in [1.165, 1.54) is 19.4 Å². The number of rotatable bonds is 3. The zero-order chi connectivity index (χ0) is 14.7. The van der Waals surface area contributed by atoms with Gasteiger partial charge in [0.1, 0.15) is 5.15 Å². The molecule has 0 aliphatic heterocycles. The maximum absolute atomic E-state index is 12.0. The van der Waals surface area contributed by atoms with E-state index in [4.69, 9.17) is 32.7 Å². The lowest BCUT2D eigenvalue weighted by molar-refractivity contribution is 0.0729. The molecule has 0 bridgehead atoms. The van der Waals surface area contributed by atoms with Crippen molar-refractivity contribution >= 4 is 29.2 Å². The molecule has 1 aromatic carbocycles. The number of halogens is 2. The molecule has 0 fully saturated rings. The van der Waals surface area contributed by atoms with E-state index in [0.717, 1.165) is 5.56 Å². The third-order valence-corrected chi connectivity index (χ3v) is 3.24. The molecule has 4 nitrogen and oxygen atoms in total. The Hall–Kier alpha value is -1.78. The Morgan fingerprint density at radius 3 is 2.60 bits per heavy atom. The molecule has 1 aromatic heterocycles. The maximum Gasteiger partial charge on any atom is 0.345 e. The minimum Gasteiger partial charge on any atom is -0.493 e. The summed E-state index contributed by atoms with van der Waals surface area (Å²) in [5, 5.41) is 0.327. The van der Waals surface area contributed by atoms with Gasteiger partial charge in [-0.3, -0.25) is 0 Å². The van der Waals surface area contributed by atoms with Crippen LogP contribution in [0.2, 0.25) is 10.2 Å². The van der Waals surface area contributed by atoms with Crippen LogP contribution in [0, 0.1) is 6.92 Å². The van der Waals surface area contributed by atoms with Gasteiger partial charge >= 0.3 is 5.97 Å². The molecular formula is C14H11Cl2NO3. The van der Waals surface area contributed by atoms with Crippen molar-refractivity contribution in [3.8, 4) is 11.5 Å². The van der Waals surface area contributed by atoms with Gasteiger partial charge in [0.25, 0.3) is 0 Å². The molecule has 2 aromatic rings. The van der Waals surface area contributed by atoms with E-state index in [1.54, 1.807) is 12.1 Å². The molecule has 0 spiro atoms. The van der Waals surface area contributed by atoms with E-state index in [2.05, 4.69) is 4.98 Å². The number of ether oxygens (including phenoxy) is 2. The van der Waals surface area contributed by atoms with Gasteiger partial charge in [-0.1, -0.05) is 29.3 Å². The van der Waals surface area contributed by atoms with Gasteiger partial charge in [-0.2, -0.15) is 0 Å². The van der Waals surface area contributed by atoms with Crippen LogP contribution in [-0.2, 0) is 0 Å². The minimum absolute atomic E-state index is 0.135. The first-order valence-electron chi connectivity index (χ1n) is 5.69. The van der Waals surface area contributed by atoms with Crippen LogP contribution >= 0.6 is 23.2 Å². The number of carbonyl (C=O) groups is 1. The van der Waals surface area contributed by atoms with Crippen molar-refractivity contribution in [1.82, 2.24) is 4.98 Å². The van der Waals surface area contributed by atoms with Gasteiger partial charge in [0, 0.05) is 6.20 Å². The molecule has 6 heteroatoms. The number of hydrogen-bond acceptors (Lipinski definition) is 4. The van der Waals surface area contributed by atoms with Crippen LogP contribution in [0.25, 0.3) is 0 Å².